The number of hydrogen-bond acceptors (Lipinski definition) is 3. The van der Waals surface area contributed by atoms with Crippen LogP contribution >= 0.6 is 0 Å². The van der Waals surface area contributed by atoms with E-state index in [1.165, 1.54) is 0 Å². The fourth-order valence-electron chi connectivity index (χ4n) is 2.28. The number of aromatic nitrogens is 2. The van der Waals surface area contributed by atoms with Gasteiger partial charge in [-0.15, -0.1) is 0 Å². The van der Waals surface area contributed by atoms with Crippen molar-refractivity contribution in [1.29, 1.82) is 0 Å². The molecule has 2 heterocycles. The topological polar surface area (TPSA) is 53.1 Å². The highest BCUT2D eigenvalue weighted by Gasteiger charge is 2.25. The highest BCUT2D eigenvalue weighted by Crippen LogP contribution is 2.27. The molecule has 4 nitrogen and oxygen atoms in total. The predicted molar refractivity (Wildman–Crippen MR) is 63.1 cm³/mol. The van der Waals surface area contributed by atoms with Crippen molar-refractivity contribution in [3.05, 3.63) is 18.2 Å². The third kappa shape index (κ3) is 2.28. The molecule has 2 N–H and O–H groups in total. The summed E-state index contributed by atoms with van der Waals surface area (Å²) in [5, 5.41) is 0. The van der Waals surface area contributed by atoms with Crippen LogP contribution in [0, 0.1) is 5.92 Å². The smallest absolute Gasteiger partial charge is 0.126 e. The molecule has 4 heteroatoms. The first-order valence-electron chi connectivity index (χ1n) is 6.06. The summed E-state index contributed by atoms with van der Waals surface area (Å²) < 4.78 is 7.64. The van der Waals surface area contributed by atoms with Crippen LogP contribution in [0.5, 0.6) is 0 Å². The van der Waals surface area contributed by atoms with Gasteiger partial charge in [0.25, 0.3) is 0 Å². The molecule has 2 rings (SSSR count). The van der Waals surface area contributed by atoms with Crippen molar-refractivity contribution in [2.75, 3.05) is 13.2 Å². The molecule has 0 aromatic carbocycles. The lowest BCUT2D eigenvalue weighted by Crippen LogP contribution is -2.31. The second-order valence-electron chi connectivity index (χ2n) is 4.79. The minimum atomic E-state index is -0.00213. The zero-order valence-corrected chi connectivity index (χ0v) is 10.1. The Bertz CT molecular complexity index is 329. The van der Waals surface area contributed by atoms with Gasteiger partial charge in [0.2, 0.25) is 0 Å². The van der Waals surface area contributed by atoms with Crippen molar-refractivity contribution in [2.45, 2.75) is 38.8 Å². The van der Waals surface area contributed by atoms with Crippen LogP contribution in [0.1, 0.15) is 44.6 Å². The third-order valence-corrected chi connectivity index (χ3v) is 3.26. The van der Waals surface area contributed by atoms with Crippen molar-refractivity contribution in [3.8, 4) is 0 Å². The standard InChI is InChI=1S/C12H21N3O/c1-9(2)15-6-5-14-12(15)11(13)10-4-3-7-16-8-10/h5-6,9-11H,3-4,7-8,13H2,1-2H3. The summed E-state index contributed by atoms with van der Waals surface area (Å²) >= 11 is 0. The molecule has 0 bridgehead atoms. The number of nitrogens with zero attached hydrogens (tertiary/aromatic N) is 2. The van der Waals surface area contributed by atoms with Gasteiger partial charge in [-0.3, -0.25) is 0 Å². The van der Waals surface area contributed by atoms with Crippen LogP contribution < -0.4 is 5.73 Å². The number of ether oxygens (including phenoxy) is 1. The Labute approximate surface area is 96.8 Å². The Morgan fingerprint density at radius 1 is 1.56 bits per heavy atom. The zero-order chi connectivity index (χ0) is 11.5. The van der Waals surface area contributed by atoms with E-state index in [1.807, 2.05) is 12.4 Å². The van der Waals surface area contributed by atoms with Gasteiger partial charge < -0.3 is 15.0 Å². The molecule has 1 aliphatic rings. The van der Waals surface area contributed by atoms with Gasteiger partial charge in [-0.05, 0) is 26.7 Å². The van der Waals surface area contributed by atoms with Crippen LogP contribution in [-0.4, -0.2) is 22.8 Å². The first-order chi connectivity index (χ1) is 7.70. The van der Waals surface area contributed by atoms with Gasteiger partial charge in [0, 0.05) is 31.0 Å². The van der Waals surface area contributed by atoms with Gasteiger partial charge in [-0.25, -0.2) is 4.98 Å². The van der Waals surface area contributed by atoms with E-state index in [0.717, 1.165) is 31.9 Å². The molecule has 0 saturated carbocycles. The van der Waals surface area contributed by atoms with Crippen molar-refractivity contribution < 1.29 is 4.74 Å². The maximum absolute atomic E-state index is 6.29. The van der Waals surface area contributed by atoms with Gasteiger partial charge in [0.1, 0.15) is 5.82 Å². The number of nitrogens with two attached hydrogens (primary N) is 1. The SMILES string of the molecule is CC(C)n1ccnc1C(N)C1CCCOC1. The highest BCUT2D eigenvalue weighted by molar-refractivity contribution is 5.02. The van der Waals surface area contributed by atoms with Crippen molar-refractivity contribution in [2.24, 2.45) is 11.7 Å². The van der Waals surface area contributed by atoms with Crippen molar-refractivity contribution >= 4 is 0 Å². The fourth-order valence-corrected chi connectivity index (χ4v) is 2.28. The molecule has 1 saturated heterocycles. The minimum Gasteiger partial charge on any atom is -0.381 e. The van der Waals surface area contributed by atoms with Crippen molar-refractivity contribution in [3.63, 3.8) is 0 Å². The molecule has 90 valence electrons. The molecule has 0 amide bonds. The Hall–Kier alpha value is -0.870. The Kier molecular flexibility index (Phi) is 3.61. The van der Waals surface area contributed by atoms with E-state index in [2.05, 4.69) is 23.4 Å². The largest absolute Gasteiger partial charge is 0.381 e. The quantitative estimate of drug-likeness (QED) is 0.851. The van der Waals surface area contributed by atoms with E-state index >= 15 is 0 Å². The lowest BCUT2D eigenvalue weighted by molar-refractivity contribution is 0.0430. The monoisotopic (exact) mass is 223 g/mol. The van der Waals surface area contributed by atoms with E-state index < -0.39 is 0 Å². The molecule has 16 heavy (non-hydrogen) atoms. The van der Waals surface area contributed by atoms with E-state index in [0.29, 0.717) is 12.0 Å². The van der Waals surface area contributed by atoms with E-state index in [-0.39, 0.29) is 6.04 Å². The number of hydrogen-bond donors (Lipinski definition) is 1. The molecule has 1 aromatic rings. The summed E-state index contributed by atoms with van der Waals surface area (Å²) in [7, 11) is 0. The first kappa shape index (κ1) is 11.6. The summed E-state index contributed by atoms with van der Waals surface area (Å²) in [5.41, 5.74) is 6.29. The molecule has 0 radical (unpaired) electrons. The lowest BCUT2D eigenvalue weighted by Gasteiger charge is -2.28. The Morgan fingerprint density at radius 2 is 2.38 bits per heavy atom. The van der Waals surface area contributed by atoms with Crippen LogP contribution in [0.3, 0.4) is 0 Å². The maximum Gasteiger partial charge on any atom is 0.126 e. The molecule has 0 aliphatic carbocycles. The van der Waals surface area contributed by atoms with E-state index in [9.17, 15) is 0 Å². The van der Waals surface area contributed by atoms with Crippen LogP contribution in [-0.2, 0) is 4.74 Å². The molecule has 1 aliphatic heterocycles. The normalized spacial score (nSPS) is 23.6. The minimum absolute atomic E-state index is 0.00213. The highest BCUT2D eigenvalue weighted by atomic mass is 16.5. The average Bonchev–Trinajstić information content (AvgIpc) is 2.78. The zero-order valence-electron chi connectivity index (χ0n) is 10.1. The maximum atomic E-state index is 6.29. The lowest BCUT2D eigenvalue weighted by atomic mass is 9.93. The summed E-state index contributed by atoms with van der Waals surface area (Å²) in [6.45, 7) is 5.94. The number of rotatable bonds is 3. The molecule has 0 spiro atoms. The molecule has 1 aromatic heterocycles. The first-order valence-corrected chi connectivity index (χ1v) is 6.06. The van der Waals surface area contributed by atoms with Crippen LogP contribution in [0.25, 0.3) is 0 Å². The van der Waals surface area contributed by atoms with Gasteiger partial charge >= 0.3 is 0 Å². The molecule has 1 fully saturated rings. The Balaban J connectivity index is 2.12. The van der Waals surface area contributed by atoms with E-state index in [1.54, 1.807) is 0 Å². The van der Waals surface area contributed by atoms with Gasteiger partial charge in [-0.2, -0.15) is 0 Å². The third-order valence-electron chi connectivity index (χ3n) is 3.26. The summed E-state index contributed by atoms with van der Waals surface area (Å²) in [5.74, 6) is 1.40. The van der Waals surface area contributed by atoms with Gasteiger partial charge in [-0.1, -0.05) is 0 Å². The second kappa shape index (κ2) is 4.97. The number of imidazole rings is 1. The average molecular weight is 223 g/mol. The van der Waals surface area contributed by atoms with E-state index in [4.69, 9.17) is 10.5 Å². The van der Waals surface area contributed by atoms with Crippen LogP contribution in [0.15, 0.2) is 12.4 Å². The van der Waals surface area contributed by atoms with Crippen LogP contribution in [0.2, 0.25) is 0 Å². The Morgan fingerprint density at radius 3 is 3.00 bits per heavy atom. The fraction of sp³-hybridized carbons (Fsp3) is 0.750. The predicted octanol–water partition coefficient (Wildman–Crippen LogP) is 1.89. The van der Waals surface area contributed by atoms with Gasteiger partial charge in [0.15, 0.2) is 0 Å². The molecular formula is C12H21N3O. The second-order valence-corrected chi connectivity index (χ2v) is 4.79. The summed E-state index contributed by atoms with van der Waals surface area (Å²) in [4.78, 5) is 4.39. The molecule has 2 unspecified atom stereocenters. The van der Waals surface area contributed by atoms with Crippen LogP contribution in [0.4, 0.5) is 0 Å². The summed E-state index contributed by atoms with van der Waals surface area (Å²) in [6.07, 6.45) is 6.09. The molecular weight excluding hydrogens is 202 g/mol. The van der Waals surface area contributed by atoms with Crippen molar-refractivity contribution in [1.82, 2.24) is 9.55 Å². The van der Waals surface area contributed by atoms with Gasteiger partial charge in [0.05, 0.1) is 12.6 Å². The summed E-state index contributed by atoms with van der Waals surface area (Å²) in [6, 6.07) is 0.408. The molecule has 2 atom stereocenters.